The number of carbonyl (C=O) groups is 1. The predicted octanol–water partition coefficient (Wildman–Crippen LogP) is 12.1. The van der Waals surface area contributed by atoms with Crippen molar-refractivity contribution in [2.24, 2.45) is 0 Å². The summed E-state index contributed by atoms with van der Waals surface area (Å²) < 4.78 is 32.5. The molecular weight excluding hydrogens is 631 g/mol. The summed E-state index contributed by atoms with van der Waals surface area (Å²) in [5.74, 6) is -1.00. The highest BCUT2D eigenvalue weighted by molar-refractivity contribution is 7.85. The highest BCUT2D eigenvalue weighted by Gasteiger charge is 2.24. The minimum Gasteiger partial charge on any atom is -0.387 e. The quantitative estimate of drug-likeness (QED) is 0.0338. The van der Waals surface area contributed by atoms with E-state index in [1.807, 2.05) is 0 Å². The van der Waals surface area contributed by atoms with Crippen molar-refractivity contribution in [2.75, 3.05) is 5.75 Å². The van der Waals surface area contributed by atoms with Gasteiger partial charge in [-0.05, 0) is 44.9 Å². The van der Waals surface area contributed by atoms with E-state index in [0.717, 1.165) is 38.5 Å². The molecule has 288 valence electrons. The van der Waals surface area contributed by atoms with E-state index in [4.69, 9.17) is 0 Å². The second kappa shape index (κ2) is 36.4. The third kappa shape index (κ3) is 37.6. The molecular formula is C42H79NO5S. The van der Waals surface area contributed by atoms with Crippen LogP contribution in [0, 0.1) is 0 Å². The van der Waals surface area contributed by atoms with Crippen LogP contribution in [0.1, 0.15) is 206 Å². The third-order valence-electron chi connectivity index (χ3n) is 9.30. The smallest absolute Gasteiger partial charge is 0.267 e. The van der Waals surface area contributed by atoms with E-state index in [-0.39, 0.29) is 12.3 Å². The van der Waals surface area contributed by atoms with Crippen molar-refractivity contribution in [1.82, 2.24) is 5.32 Å². The van der Waals surface area contributed by atoms with E-state index in [1.54, 1.807) is 6.08 Å². The monoisotopic (exact) mass is 710 g/mol. The van der Waals surface area contributed by atoms with Gasteiger partial charge in [-0.25, -0.2) is 0 Å². The van der Waals surface area contributed by atoms with Gasteiger partial charge in [0, 0.05) is 6.42 Å². The van der Waals surface area contributed by atoms with Crippen molar-refractivity contribution >= 4 is 16.0 Å². The molecule has 1 amide bonds. The Labute approximate surface area is 304 Å². The van der Waals surface area contributed by atoms with E-state index in [1.165, 1.54) is 147 Å². The van der Waals surface area contributed by atoms with Gasteiger partial charge < -0.3 is 10.4 Å². The summed E-state index contributed by atoms with van der Waals surface area (Å²) in [6.45, 7) is 4.52. The van der Waals surface area contributed by atoms with E-state index in [0.29, 0.717) is 6.42 Å². The van der Waals surface area contributed by atoms with Gasteiger partial charge in [0.1, 0.15) is 0 Å². The summed E-state index contributed by atoms with van der Waals surface area (Å²) in [6.07, 6.45) is 47.0. The molecule has 0 spiro atoms. The molecule has 0 aliphatic heterocycles. The molecule has 2 atom stereocenters. The van der Waals surface area contributed by atoms with Crippen LogP contribution in [0.25, 0.3) is 0 Å². The first-order chi connectivity index (χ1) is 23.8. The van der Waals surface area contributed by atoms with Crippen LogP contribution < -0.4 is 5.32 Å². The zero-order valence-corrected chi connectivity index (χ0v) is 32.9. The number of hydrogen-bond acceptors (Lipinski definition) is 4. The average Bonchev–Trinajstić information content (AvgIpc) is 3.06. The molecule has 0 fully saturated rings. The Kier molecular flexibility index (Phi) is 35.3. The molecule has 6 nitrogen and oxygen atoms in total. The zero-order chi connectivity index (χ0) is 36.1. The first-order valence-corrected chi connectivity index (χ1v) is 22.3. The largest absolute Gasteiger partial charge is 0.387 e. The number of rotatable bonds is 37. The molecule has 0 aromatic rings. The highest BCUT2D eigenvalue weighted by atomic mass is 32.2. The number of allylic oxidation sites excluding steroid dienone is 5. The van der Waals surface area contributed by atoms with Gasteiger partial charge in [0.05, 0.1) is 17.9 Å². The molecule has 2 unspecified atom stereocenters. The van der Waals surface area contributed by atoms with Crippen LogP contribution in [0.15, 0.2) is 36.5 Å². The number of unbranched alkanes of at least 4 members (excludes halogenated alkanes) is 25. The average molecular weight is 710 g/mol. The van der Waals surface area contributed by atoms with E-state index < -0.39 is 28.0 Å². The fraction of sp³-hybridized carbons (Fsp3) is 0.833. The molecule has 0 aromatic heterocycles. The van der Waals surface area contributed by atoms with Crippen molar-refractivity contribution in [2.45, 2.75) is 219 Å². The highest BCUT2D eigenvalue weighted by Crippen LogP contribution is 2.15. The summed E-state index contributed by atoms with van der Waals surface area (Å²) in [5.41, 5.74) is 0. The molecule has 0 saturated carbocycles. The molecule has 0 aromatic carbocycles. The van der Waals surface area contributed by atoms with Gasteiger partial charge in [-0.3, -0.25) is 9.35 Å². The van der Waals surface area contributed by atoms with Crippen LogP contribution in [-0.4, -0.2) is 41.9 Å². The molecule has 0 rings (SSSR count). The standard InChI is InChI=1S/C42H79NO5S/c1-3-5-7-9-11-13-15-17-19-21-23-25-27-29-31-33-35-37-41(44)40(39-49(46,47)48)43-42(45)38-36-34-32-30-28-26-24-22-20-18-16-14-12-10-8-6-4-2/h19,21,27,29,35,37,40-41,44H,3-18,20,22-26,28,30-34,36,38-39H2,1-2H3,(H,43,45)(H,46,47,48)/b21-19+,29-27+,37-35+. The van der Waals surface area contributed by atoms with E-state index in [2.05, 4.69) is 43.5 Å². The van der Waals surface area contributed by atoms with Crippen LogP contribution in [0.5, 0.6) is 0 Å². The molecule has 0 aliphatic carbocycles. The fourth-order valence-corrected chi connectivity index (χ4v) is 6.92. The van der Waals surface area contributed by atoms with Crippen molar-refractivity contribution in [3.63, 3.8) is 0 Å². The number of carbonyl (C=O) groups excluding carboxylic acids is 1. The van der Waals surface area contributed by atoms with Gasteiger partial charge in [0.25, 0.3) is 10.1 Å². The summed E-state index contributed by atoms with van der Waals surface area (Å²) in [5, 5.41) is 13.2. The minimum absolute atomic E-state index is 0.288. The third-order valence-corrected chi connectivity index (χ3v) is 10.1. The van der Waals surface area contributed by atoms with Gasteiger partial charge in [0.15, 0.2) is 0 Å². The lowest BCUT2D eigenvalue weighted by Gasteiger charge is -2.21. The molecule has 7 heteroatoms. The Morgan fingerprint density at radius 2 is 0.878 bits per heavy atom. The molecule has 0 aliphatic rings. The molecule has 0 bridgehead atoms. The first kappa shape index (κ1) is 47.6. The second-order valence-corrected chi connectivity index (χ2v) is 15.8. The SMILES string of the molecule is CCCCCCCCC/C=C/CC/C=C/CC/C=C/C(O)C(CS(=O)(=O)O)NC(=O)CCCCCCCCCCCCCCCCCCC. The zero-order valence-electron chi connectivity index (χ0n) is 32.1. The Hall–Kier alpha value is -1.44. The molecule has 0 heterocycles. The normalized spacial score (nSPS) is 13.6. The van der Waals surface area contributed by atoms with E-state index in [9.17, 15) is 22.9 Å². The summed E-state index contributed by atoms with van der Waals surface area (Å²) in [6, 6.07) is -1.08. The first-order valence-electron chi connectivity index (χ1n) is 20.7. The van der Waals surface area contributed by atoms with Crippen LogP contribution in [0.4, 0.5) is 0 Å². The maximum atomic E-state index is 12.5. The van der Waals surface area contributed by atoms with Gasteiger partial charge >= 0.3 is 0 Å². The van der Waals surface area contributed by atoms with Gasteiger partial charge in [-0.1, -0.05) is 192 Å². The van der Waals surface area contributed by atoms with Crippen LogP contribution >= 0.6 is 0 Å². The van der Waals surface area contributed by atoms with Crippen LogP contribution in [-0.2, 0) is 14.9 Å². The van der Waals surface area contributed by atoms with Gasteiger partial charge in [-0.2, -0.15) is 8.42 Å². The lowest BCUT2D eigenvalue weighted by molar-refractivity contribution is -0.122. The minimum atomic E-state index is -4.35. The fourth-order valence-electron chi connectivity index (χ4n) is 6.19. The van der Waals surface area contributed by atoms with Crippen molar-refractivity contribution in [3.8, 4) is 0 Å². The summed E-state index contributed by atoms with van der Waals surface area (Å²) in [7, 11) is -4.35. The summed E-state index contributed by atoms with van der Waals surface area (Å²) >= 11 is 0. The van der Waals surface area contributed by atoms with Crippen molar-refractivity contribution < 1.29 is 22.9 Å². The number of hydrogen-bond donors (Lipinski definition) is 3. The Morgan fingerprint density at radius 3 is 1.29 bits per heavy atom. The lowest BCUT2D eigenvalue weighted by Crippen LogP contribution is -2.46. The number of aliphatic hydroxyl groups is 1. The van der Waals surface area contributed by atoms with Crippen LogP contribution in [0.3, 0.4) is 0 Å². The number of aliphatic hydroxyl groups excluding tert-OH is 1. The van der Waals surface area contributed by atoms with E-state index >= 15 is 0 Å². The molecule has 49 heavy (non-hydrogen) atoms. The maximum absolute atomic E-state index is 12.5. The Bertz CT molecular complexity index is 914. The molecule has 0 radical (unpaired) electrons. The predicted molar refractivity (Wildman–Crippen MR) is 212 cm³/mol. The van der Waals surface area contributed by atoms with Crippen LogP contribution in [0.2, 0.25) is 0 Å². The topological polar surface area (TPSA) is 104 Å². The summed E-state index contributed by atoms with van der Waals surface area (Å²) in [4.78, 5) is 12.5. The Morgan fingerprint density at radius 1 is 0.531 bits per heavy atom. The van der Waals surface area contributed by atoms with Gasteiger partial charge in [0.2, 0.25) is 5.91 Å². The molecule has 3 N–H and O–H groups in total. The Balaban J connectivity index is 3.98. The number of amides is 1. The van der Waals surface area contributed by atoms with Gasteiger partial charge in [-0.15, -0.1) is 0 Å². The molecule has 0 saturated heterocycles. The number of nitrogens with one attached hydrogen (secondary N) is 1. The van der Waals surface area contributed by atoms with Crippen molar-refractivity contribution in [1.29, 1.82) is 0 Å². The maximum Gasteiger partial charge on any atom is 0.267 e. The second-order valence-electron chi connectivity index (χ2n) is 14.3. The van der Waals surface area contributed by atoms with Crippen molar-refractivity contribution in [3.05, 3.63) is 36.5 Å². The lowest BCUT2D eigenvalue weighted by atomic mass is 10.0.